The van der Waals surface area contributed by atoms with Crippen molar-refractivity contribution in [3.63, 3.8) is 0 Å². The third-order valence-corrected chi connectivity index (χ3v) is 5.57. The molecular weight excluding hydrogens is 296 g/mol. The van der Waals surface area contributed by atoms with Crippen LogP contribution in [0.2, 0.25) is 0 Å². The maximum atomic E-state index is 12.1. The summed E-state index contributed by atoms with van der Waals surface area (Å²) in [5.74, 6) is -0.914. The van der Waals surface area contributed by atoms with Crippen molar-refractivity contribution in [3.05, 3.63) is 34.2 Å². The van der Waals surface area contributed by atoms with E-state index in [9.17, 15) is 18.0 Å². The number of hydrogen-bond donors (Lipinski definition) is 2. The number of aromatic amines is 1. The van der Waals surface area contributed by atoms with Crippen LogP contribution in [-0.2, 0) is 9.84 Å². The molecule has 1 fully saturated rings. The Morgan fingerprint density at radius 2 is 1.95 bits per heavy atom. The number of fused-ring (bicyclic) bond motifs is 1. The number of imidazole rings is 1. The van der Waals surface area contributed by atoms with E-state index in [1.165, 1.54) is 16.7 Å². The molecule has 0 aliphatic carbocycles. The van der Waals surface area contributed by atoms with Gasteiger partial charge in [0, 0.05) is 6.04 Å². The Hall–Kier alpha value is -2.09. The van der Waals surface area contributed by atoms with Gasteiger partial charge in [0.05, 0.1) is 28.1 Å². The van der Waals surface area contributed by atoms with Gasteiger partial charge in [0.1, 0.15) is 9.84 Å². The highest BCUT2D eigenvalue weighted by Crippen LogP contribution is 2.26. The molecule has 1 saturated heterocycles. The second kappa shape index (κ2) is 4.73. The van der Waals surface area contributed by atoms with Gasteiger partial charge >= 0.3 is 11.7 Å². The molecular formula is C13H14N2O5S. The first kappa shape index (κ1) is 13.9. The summed E-state index contributed by atoms with van der Waals surface area (Å²) in [6, 6.07) is 4.26. The van der Waals surface area contributed by atoms with E-state index in [0.29, 0.717) is 23.9 Å². The smallest absolute Gasteiger partial charge is 0.335 e. The van der Waals surface area contributed by atoms with Crippen LogP contribution in [-0.4, -0.2) is 40.6 Å². The zero-order chi connectivity index (χ0) is 15.2. The molecule has 0 radical (unpaired) electrons. The standard InChI is InChI=1S/C13H14N2O5S/c16-12(17)8-1-2-11-10(7-8)14-13(18)15(11)9-3-5-21(19,20)6-4-9/h1-2,7,9H,3-6H2,(H,14,18)(H,16,17). The van der Waals surface area contributed by atoms with Crippen molar-refractivity contribution in [2.45, 2.75) is 18.9 Å². The molecule has 21 heavy (non-hydrogen) atoms. The molecule has 0 unspecified atom stereocenters. The Labute approximate surface area is 120 Å². The maximum absolute atomic E-state index is 12.1. The van der Waals surface area contributed by atoms with Crippen molar-refractivity contribution in [1.29, 1.82) is 0 Å². The van der Waals surface area contributed by atoms with E-state index < -0.39 is 15.8 Å². The van der Waals surface area contributed by atoms with Crippen LogP contribution in [0.3, 0.4) is 0 Å². The highest BCUT2D eigenvalue weighted by molar-refractivity contribution is 7.91. The predicted molar refractivity (Wildman–Crippen MR) is 76.4 cm³/mol. The van der Waals surface area contributed by atoms with Crippen LogP contribution in [0.25, 0.3) is 11.0 Å². The second-order valence-corrected chi connectivity index (χ2v) is 7.52. The van der Waals surface area contributed by atoms with Gasteiger partial charge in [-0.05, 0) is 31.0 Å². The molecule has 0 spiro atoms. The number of benzene rings is 1. The molecule has 8 heteroatoms. The highest BCUT2D eigenvalue weighted by Gasteiger charge is 2.27. The van der Waals surface area contributed by atoms with E-state index in [1.807, 2.05) is 0 Å². The summed E-state index contributed by atoms with van der Waals surface area (Å²) < 4.78 is 24.5. The Morgan fingerprint density at radius 1 is 1.29 bits per heavy atom. The van der Waals surface area contributed by atoms with Crippen LogP contribution in [0.15, 0.2) is 23.0 Å². The lowest BCUT2D eigenvalue weighted by molar-refractivity contribution is 0.0697. The quantitative estimate of drug-likeness (QED) is 0.851. The van der Waals surface area contributed by atoms with Crippen molar-refractivity contribution >= 4 is 26.8 Å². The zero-order valence-corrected chi connectivity index (χ0v) is 11.9. The summed E-state index contributed by atoms with van der Waals surface area (Å²) in [6.07, 6.45) is 0.797. The molecule has 7 nitrogen and oxygen atoms in total. The minimum atomic E-state index is -2.99. The molecule has 0 bridgehead atoms. The number of aromatic carboxylic acids is 1. The number of nitrogens with one attached hydrogen (secondary N) is 1. The molecule has 2 heterocycles. The van der Waals surface area contributed by atoms with Crippen LogP contribution in [0, 0.1) is 0 Å². The zero-order valence-electron chi connectivity index (χ0n) is 11.1. The van der Waals surface area contributed by atoms with Crippen molar-refractivity contribution in [1.82, 2.24) is 9.55 Å². The topological polar surface area (TPSA) is 109 Å². The molecule has 2 aromatic rings. The number of carboxylic acid groups (broad SMARTS) is 1. The molecule has 1 aliphatic rings. The van der Waals surface area contributed by atoms with Gasteiger partial charge in [-0.1, -0.05) is 0 Å². The van der Waals surface area contributed by atoms with Crippen LogP contribution in [0.1, 0.15) is 29.2 Å². The molecule has 1 aliphatic heterocycles. The van der Waals surface area contributed by atoms with Crippen LogP contribution in [0.4, 0.5) is 0 Å². The average molecular weight is 310 g/mol. The summed E-state index contributed by atoms with van der Waals surface area (Å²) in [5.41, 5.74) is 0.821. The molecule has 112 valence electrons. The lowest BCUT2D eigenvalue weighted by atomic mass is 10.1. The van der Waals surface area contributed by atoms with E-state index in [0.717, 1.165) is 0 Å². The number of aromatic nitrogens is 2. The van der Waals surface area contributed by atoms with E-state index in [2.05, 4.69) is 4.98 Å². The Morgan fingerprint density at radius 3 is 2.57 bits per heavy atom. The third kappa shape index (κ3) is 2.46. The van der Waals surface area contributed by atoms with Gasteiger partial charge in [-0.2, -0.15) is 0 Å². The lowest BCUT2D eigenvalue weighted by Crippen LogP contribution is -2.30. The highest BCUT2D eigenvalue weighted by atomic mass is 32.2. The number of carbonyl (C=O) groups is 1. The van der Waals surface area contributed by atoms with Crippen molar-refractivity contribution in [2.24, 2.45) is 0 Å². The SMILES string of the molecule is O=C(O)c1ccc2c(c1)[nH]c(=O)n2C1CCS(=O)(=O)CC1. The maximum Gasteiger partial charge on any atom is 0.335 e. The summed E-state index contributed by atoms with van der Waals surface area (Å²) in [6.45, 7) is 0. The number of sulfone groups is 1. The van der Waals surface area contributed by atoms with Gasteiger partial charge in [-0.3, -0.25) is 4.57 Å². The number of carboxylic acids is 1. The van der Waals surface area contributed by atoms with Crippen molar-refractivity contribution in [2.75, 3.05) is 11.5 Å². The fourth-order valence-electron chi connectivity index (χ4n) is 2.76. The fraction of sp³-hybridized carbons (Fsp3) is 0.385. The van der Waals surface area contributed by atoms with Crippen molar-refractivity contribution < 1.29 is 18.3 Å². The minimum absolute atomic E-state index is 0.0734. The minimum Gasteiger partial charge on any atom is -0.478 e. The van der Waals surface area contributed by atoms with E-state index in [4.69, 9.17) is 5.11 Å². The van der Waals surface area contributed by atoms with Gasteiger partial charge in [0.25, 0.3) is 0 Å². The van der Waals surface area contributed by atoms with E-state index in [1.54, 1.807) is 6.07 Å². The largest absolute Gasteiger partial charge is 0.478 e. The third-order valence-electron chi connectivity index (χ3n) is 3.85. The number of hydrogen-bond acceptors (Lipinski definition) is 4. The van der Waals surface area contributed by atoms with Crippen LogP contribution >= 0.6 is 0 Å². The van der Waals surface area contributed by atoms with Gasteiger partial charge in [-0.25, -0.2) is 18.0 Å². The number of H-pyrrole nitrogens is 1. The average Bonchev–Trinajstić information content (AvgIpc) is 2.74. The summed E-state index contributed by atoms with van der Waals surface area (Å²) >= 11 is 0. The predicted octanol–water partition coefficient (Wildman–Crippen LogP) is 0.777. The second-order valence-electron chi connectivity index (χ2n) is 5.22. The van der Waals surface area contributed by atoms with Gasteiger partial charge in [-0.15, -0.1) is 0 Å². The fourth-order valence-corrected chi connectivity index (χ4v) is 4.23. The van der Waals surface area contributed by atoms with Gasteiger partial charge in [0.2, 0.25) is 0 Å². The molecule has 1 aromatic carbocycles. The monoisotopic (exact) mass is 310 g/mol. The molecule has 0 saturated carbocycles. The normalized spacial score (nSPS) is 18.9. The summed E-state index contributed by atoms with van der Waals surface area (Å²) in [5, 5.41) is 8.96. The first-order valence-electron chi connectivity index (χ1n) is 6.55. The molecule has 1 aromatic heterocycles. The van der Waals surface area contributed by atoms with Crippen molar-refractivity contribution in [3.8, 4) is 0 Å². The van der Waals surface area contributed by atoms with Crippen LogP contribution in [0.5, 0.6) is 0 Å². The van der Waals surface area contributed by atoms with Gasteiger partial charge < -0.3 is 10.1 Å². The Bertz CT molecular complexity index is 864. The van der Waals surface area contributed by atoms with E-state index >= 15 is 0 Å². The first-order chi connectivity index (χ1) is 9.87. The molecule has 2 N–H and O–H groups in total. The molecule has 0 atom stereocenters. The Balaban J connectivity index is 2.05. The van der Waals surface area contributed by atoms with Crippen LogP contribution < -0.4 is 5.69 Å². The number of nitrogens with zero attached hydrogens (tertiary/aromatic N) is 1. The summed E-state index contributed by atoms with van der Waals surface area (Å²) in [4.78, 5) is 25.7. The Kier molecular flexibility index (Phi) is 3.12. The van der Waals surface area contributed by atoms with Gasteiger partial charge in [0.15, 0.2) is 0 Å². The molecule has 0 amide bonds. The first-order valence-corrected chi connectivity index (χ1v) is 8.37. The van der Waals surface area contributed by atoms with E-state index in [-0.39, 0.29) is 28.8 Å². The lowest BCUT2D eigenvalue weighted by Gasteiger charge is -2.23. The summed E-state index contributed by atoms with van der Waals surface area (Å²) in [7, 11) is -2.99. The molecule has 3 rings (SSSR count). The number of rotatable bonds is 2.